The number of methoxy groups -OCH3 is 1. The molecule has 122 valence electrons. The van der Waals surface area contributed by atoms with E-state index in [0.29, 0.717) is 17.2 Å². The minimum Gasteiger partial charge on any atom is -0.496 e. The lowest BCUT2D eigenvalue weighted by Gasteiger charge is -2.46. The van der Waals surface area contributed by atoms with Gasteiger partial charge in [0, 0.05) is 11.4 Å². The Morgan fingerprint density at radius 3 is 2.59 bits per heavy atom. The summed E-state index contributed by atoms with van der Waals surface area (Å²) in [5, 5.41) is 11.1. The molecule has 1 aromatic rings. The van der Waals surface area contributed by atoms with E-state index in [4.69, 9.17) is 21.1 Å². The number of rotatable bonds is 3. The molecule has 6 heteroatoms. The molecule has 22 heavy (non-hydrogen) atoms. The minimum absolute atomic E-state index is 0.234. The Balaban J connectivity index is 1.99. The Morgan fingerprint density at radius 2 is 2.05 bits per heavy atom. The van der Waals surface area contributed by atoms with Crippen LogP contribution in [0.3, 0.4) is 0 Å². The highest BCUT2D eigenvalue weighted by Crippen LogP contribution is 2.31. The van der Waals surface area contributed by atoms with Crippen molar-refractivity contribution in [3.8, 4) is 5.75 Å². The molecule has 1 saturated heterocycles. The third kappa shape index (κ3) is 4.05. The van der Waals surface area contributed by atoms with Crippen LogP contribution in [0, 0.1) is 0 Å². The molecule has 5 nitrogen and oxygen atoms in total. The summed E-state index contributed by atoms with van der Waals surface area (Å²) in [5.41, 5.74) is -0.697. The average Bonchev–Trinajstić information content (AvgIpc) is 2.34. The van der Waals surface area contributed by atoms with Gasteiger partial charge in [-0.25, -0.2) is 4.79 Å². The van der Waals surface area contributed by atoms with Crippen LogP contribution >= 0.6 is 11.6 Å². The van der Waals surface area contributed by atoms with Crippen molar-refractivity contribution in [2.24, 2.45) is 0 Å². The highest BCUT2D eigenvalue weighted by Gasteiger charge is 2.45. The van der Waals surface area contributed by atoms with Gasteiger partial charge in [-0.2, -0.15) is 0 Å². The molecule has 0 saturated carbocycles. The van der Waals surface area contributed by atoms with E-state index in [1.165, 1.54) is 4.90 Å². The fraction of sp³-hybridized carbons (Fsp3) is 0.562. The summed E-state index contributed by atoms with van der Waals surface area (Å²) in [5.74, 6) is 0.675. The Bertz CT molecular complexity index is 562. The number of halogens is 1. The highest BCUT2D eigenvalue weighted by molar-refractivity contribution is 6.30. The number of hydrogen-bond donors (Lipinski definition) is 1. The second kappa shape index (κ2) is 5.97. The van der Waals surface area contributed by atoms with Gasteiger partial charge in [0.1, 0.15) is 17.0 Å². The van der Waals surface area contributed by atoms with Crippen LogP contribution in [0.1, 0.15) is 26.3 Å². The maximum absolute atomic E-state index is 11.9. The number of likely N-dealkylation sites (tertiary alicyclic amines) is 1. The van der Waals surface area contributed by atoms with Crippen molar-refractivity contribution in [3.05, 3.63) is 28.8 Å². The molecule has 1 heterocycles. The van der Waals surface area contributed by atoms with Crippen molar-refractivity contribution in [1.29, 1.82) is 0 Å². The molecule has 0 unspecified atom stereocenters. The van der Waals surface area contributed by atoms with Gasteiger partial charge in [0.15, 0.2) is 0 Å². The van der Waals surface area contributed by atoms with E-state index in [9.17, 15) is 9.90 Å². The molecule has 1 aliphatic rings. The predicted molar refractivity (Wildman–Crippen MR) is 84.5 cm³/mol. The van der Waals surface area contributed by atoms with Gasteiger partial charge in [0.05, 0.1) is 20.2 Å². The molecule has 0 aromatic heterocycles. The molecule has 1 fully saturated rings. The normalized spacial score (nSPS) is 16.9. The Kier molecular flexibility index (Phi) is 4.59. The first-order valence-corrected chi connectivity index (χ1v) is 7.52. The smallest absolute Gasteiger partial charge is 0.410 e. The van der Waals surface area contributed by atoms with Crippen LogP contribution in [0.5, 0.6) is 5.75 Å². The van der Waals surface area contributed by atoms with Crippen LogP contribution in [-0.4, -0.2) is 47.5 Å². The first-order chi connectivity index (χ1) is 10.1. The summed E-state index contributed by atoms with van der Waals surface area (Å²) in [4.78, 5) is 13.4. The van der Waals surface area contributed by atoms with Gasteiger partial charge >= 0.3 is 6.09 Å². The molecule has 0 aliphatic carbocycles. The Labute approximate surface area is 135 Å². The summed E-state index contributed by atoms with van der Waals surface area (Å²) in [7, 11) is 1.57. The van der Waals surface area contributed by atoms with E-state index < -0.39 is 17.3 Å². The molecule has 1 aromatic carbocycles. The first-order valence-electron chi connectivity index (χ1n) is 7.15. The van der Waals surface area contributed by atoms with Crippen LogP contribution < -0.4 is 4.74 Å². The van der Waals surface area contributed by atoms with Gasteiger partial charge < -0.3 is 19.5 Å². The number of amides is 1. The zero-order valence-corrected chi connectivity index (χ0v) is 14.1. The molecule has 1 amide bonds. The van der Waals surface area contributed by atoms with E-state index >= 15 is 0 Å². The first kappa shape index (κ1) is 16.9. The standard InChI is InChI=1S/C16H22ClNO4/c1-15(2,3)22-14(19)18-9-16(20,10-18)8-11-7-12(17)5-6-13(11)21-4/h5-7,20H,8-10H2,1-4H3. The number of β-amino-alcohol motifs (C(OH)–C–C–N with tert-alkyl or cyclic N) is 1. The van der Waals surface area contributed by atoms with E-state index in [0.717, 1.165) is 5.56 Å². The van der Waals surface area contributed by atoms with Crippen LogP contribution in [0.4, 0.5) is 4.79 Å². The molecule has 1 N–H and O–H groups in total. The van der Waals surface area contributed by atoms with E-state index in [-0.39, 0.29) is 13.1 Å². The summed E-state index contributed by atoms with van der Waals surface area (Å²) in [6, 6.07) is 5.28. The Hall–Kier alpha value is -1.46. The monoisotopic (exact) mass is 327 g/mol. The third-order valence-corrected chi connectivity index (χ3v) is 3.62. The van der Waals surface area contributed by atoms with E-state index in [1.54, 1.807) is 25.3 Å². The quantitative estimate of drug-likeness (QED) is 0.927. The van der Waals surface area contributed by atoms with Gasteiger partial charge in [-0.15, -0.1) is 0 Å². The van der Waals surface area contributed by atoms with Crippen molar-refractivity contribution in [2.45, 2.75) is 38.4 Å². The number of carbonyl (C=O) groups excluding carboxylic acids is 1. The Morgan fingerprint density at radius 1 is 1.41 bits per heavy atom. The van der Waals surface area contributed by atoms with E-state index in [1.807, 2.05) is 20.8 Å². The fourth-order valence-corrected chi connectivity index (χ4v) is 2.67. The van der Waals surface area contributed by atoms with Gasteiger partial charge in [0.25, 0.3) is 0 Å². The largest absolute Gasteiger partial charge is 0.496 e. The number of aliphatic hydroxyl groups is 1. The maximum atomic E-state index is 11.9. The molecule has 2 rings (SSSR count). The number of ether oxygens (including phenoxy) is 2. The molecule has 0 bridgehead atoms. The van der Waals surface area contributed by atoms with Crippen molar-refractivity contribution in [2.75, 3.05) is 20.2 Å². The van der Waals surface area contributed by atoms with Crippen LogP contribution in [0.15, 0.2) is 18.2 Å². The second-order valence-electron chi connectivity index (χ2n) is 6.69. The van der Waals surface area contributed by atoms with Crippen LogP contribution in [0.25, 0.3) is 0 Å². The lowest BCUT2D eigenvalue weighted by molar-refractivity contribution is -0.0975. The van der Waals surface area contributed by atoms with Crippen molar-refractivity contribution >= 4 is 17.7 Å². The number of benzene rings is 1. The maximum Gasteiger partial charge on any atom is 0.410 e. The summed E-state index contributed by atoms with van der Waals surface area (Å²) in [6.07, 6.45) is -0.0361. The van der Waals surface area contributed by atoms with Gasteiger partial charge in [-0.3, -0.25) is 0 Å². The molecular formula is C16H22ClNO4. The topological polar surface area (TPSA) is 59.0 Å². The lowest BCUT2D eigenvalue weighted by atomic mass is 9.87. The predicted octanol–water partition coefficient (Wildman–Crippen LogP) is 2.87. The molecule has 0 atom stereocenters. The fourth-order valence-electron chi connectivity index (χ4n) is 2.47. The highest BCUT2D eigenvalue weighted by atomic mass is 35.5. The summed E-state index contributed by atoms with van der Waals surface area (Å²) >= 11 is 5.99. The molecular weight excluding hydrogens is 306 g/mol. The van der Waals surface area contributed by atoms with E-state index in [2.05, 4.69) is 0 Å². The SMILES string of the molecule is COc1ccc(Cl)cc1CC1(O)CN(C(=O)OC(C)(C)C)C1. The van der Waals surface area contributed by atoms with Crippen molar-refractivity contribution < 1.29 is 19.4 Å². The molecule has 0 spiro atoms. The minimum atomic E-state index is -0.977. The van der Waals surface area contributed by atoms with Crippen LogP contribution in [0.2, 0.25) is 5.02 Å². The van der Waals surface area contributed by atoms with Gasteiger partial charge in [0.2, 0.25) is 0 Å². The zero-order valence-electron chi connectivity index (χ0n) is 13.4. The van der Waals surface area contributed by atoms with Crippen molar-refractivity contribution in [3.63, 3.8) is 0 Å². The third-order valence-electron chi connectivity index (χ3n) is 3.38. The molecule has 0 radical (unpaired) electrons. The summed E-state index contributed by atoms with van der Waals surface area (Å²) < 4.78 is 10.6. The van der Waals surface area contributed by atoms with Gasteiger partial charge in [-0.1, -0.05) is 11.6 Å². The van der Waals surface area contributed by atoms with Gasteiger partial charge in [-0.05, 0) is 44.5 Å². The molecule has 1 aliphatic heterocycles. The second-order valence-corrected chi connectivity index (χ2v) is 7.13. The van der Waals surface area contributed by atoms with Crippen molar-refractivity contribution in [1.82, 2.24) is 4.90 Å². The number of nitrogens with zero attached hydrogens (tertiary/aromatic N) is 1. The zero-order chi connectivity index (χ0) is 16.5. The lowest BCUT2D eigenvalue weighted by Crippen LogP contribution is -2.65. The van der Waals surface area contributed by atoms with Crippen LogP contribution in [-0.2, 0) is 11.2 Å². The number of carbonyl (C=O) groups is 1. The average molecular weight is 328 g/mol. The number of hydrogen-bond acceptors (Lipinski definition) is 4. The summed E-state index contributed by atoms with van der Waals surface area (Å²) in [6.45, 7) is 5.91.